The van der Waals surface area contributed by atoms with E-state index in [0.29, 0.717) is 5.92 Å². The van der Waals surface area contributed by atoms with Crippen LogP contribution in [0.4, 0.5) is 13.2 Å². The molecule has 0 saturated heterocycles. The van der Waals surface area contributed by atoms with Gasteiger partial charge in [0.1, 0.15) is 5.75 Å². The number of nitrogens with two attached hydrogens (primary N) is 1. The Morgan fingerprint density at radius 2 is 1.71 bits per heavy atom. The van der Waals surface area contributed by atoms with E-state index in [1.807, 2.05) is 0 Å². The molecule has 0 aromatic heterocycles. The van der Waals surface area contributed by atoms with Gasteiger partial charge in [0, 0.05) is 6.04 Å². The standard InChI is InChI=1S/C11H12F3NO.ClH/c12-11(13,14)16-9-5-3-8(4-6-9)10(15)7-1-2-7;/h3-7,10H,1-2,15H2;1H/t10-;/m1./s1. The fourth-order valence-electron chi connectivity index (χ4n) is 1.62. The molecule has 6 heteroatoms. The molecule has 0 radical (unpaired) electrons. The Morgan fingerprint density at radius 1 is 1.18 bits per heavy atom. The van der Waals surface area contributed by atoms with E-state index < -0.39 is 6.36 Å². The zero-order valence-electron chi connectivity index (χ0n) is 8.91. The first kappa shape index (κ1) is 14.1. The van der Waals surface area contributed by atoms with Crippen LogP contribution in [0.1, 0.15) is 24.4 Å². The summed E-state index contributed by atoms with van der Waals surface area (Å²) < 4.78 is 39.4. The molecule has 1 aliphatic carbocycles. The summed E-state index contributed by atoms with van der Waals surface area (Å²) in [6.07, 6.45) is -2.44. The summed E-state index contributed by atoms with van der Waals surface area (Å²) in [5, 5.41) is 0. The van der Waals surface area contributed by atoms with E-state index in [-0.39, 0.29) is 24.2 Å². The Hall–Kier alpha value is -0.940. The molecule has 1 atom stereocenters. The highest BCUT2D eigenvalue weighted by atomic mass is 35.5. The van der Waals surface area contributed by atoms with Crippen molar-refractivity contribution in [2.75, 3.05) is 0 Å². The van der Waals surface area contributed by atoms with E-state index in [1.54, 1.807) is 12.1 Å². The molecule has 1 aliphatic rings. The van der Waals surface area contributed by atoms with Crippen LogP contribution in [0.15, 0.2) is 24.3 Å². The molecule has 1 aromatic rings. The van der Waals surface area contributed by atoms with E-state index in [1.165, 1.54) is 12.1 Å². The van der Waals surface area contributed by atoms with Gasteiger partial charge in [-0.25, -0.2) is 0 Å². The van der Waals surface area contributed by atoms with Crippen molar-refractivity contribution in [3.63, 3.8) is 0 Å². The quantitative estimate of drug-likeness (QED) is 0.911. The fourth-order valence-corrected chi connectivity index (χ4v) is 1.62. The van der Waals surface area contributed by atoms with Crippen molar-refractivity contribution < 1.29 is 17.9 Å². The number of benzene rings is 1. The first-order chi connectivity index (χ1) is 7.46. The first-order valence-corrected chi connectivity index (χ1v) is 5.07. The SMILES string of the molecule is Cl.N[C@@H](c1ccc(OC(F)(F)F)cc1)C1CC1. The third-order valence-corrected chi connectivity index (χ3v) is 2.63. The molecule has 96 valence electrons. The van der Waals surface area contributed by atoms with Gasteiger partial charge in [0.15, 0.2) is 0 Å². The number of halogens is 4. The van der Waals surface area contributed by atoms with Gasteiger partial charge < -0.3 is 10.5 Å². The number of hydrogen-bond acceptors (Lipinski definition) is 2. The molecule has 0 heterocycles. The first-order valence-electron chi connectivity index (χ1n) is 5.07. The zero-order chi connectivity index (χ0) is 11.8. The fraction of sp³-hybridized carbons (Fsp3) is 0.455. The van der Waals surface area contributed by atoms with Crippen LogP contribution in [-0.2, 0) is 0 Å². The van der Waals surface area contributed by atoms with Gasteiger partial charge in [0.05, 0.1) is 0 Å². The molecular weight excluding hydrogens is 255 g/mol. The predicted molar refractivity (Wildman–Crippen MR) is 60.0 cm³/mol. The maximum Gasteiger partial charge on any atom is 0.573 e. The molecule has 0 amide bonds. The second-order valence-electron chi connectivity index (χ2n) is 3.98. The van der Waals surface area contributed by atoms with Gasteiger partial charge >= 0.3 is 6.36 Å². The number of ether oxygens (including phenoxy) is 1. The van der Waals surface area contributed by atoms with Gasteiger partial charge in [-0.15, -0.1) is 25.6 Å². The van der Waals surface area contributed by atoms with Crippen molar-refractivity contribution in [3.8, 4) is 5.75 Å². The largest absolute Gasteiger partial charge is 0.573 e. The van der Waals surface area contributed by atoms with Gasteiger partial charge in [0.25, 0.3) is 0 Å². The lowest BCUT2D eigenvalue weighted by Gasteiger charge is -2.12. The summed E-state index contributed by atoms with van der Waals surface area (Å²) in [6.45, 7) is 0. The summed E-state index contributed by atoms with van der Waals surface area (Å²) in [7, 11) is 0. The molecule has 2 rings (SSSR count). The Labute approximate surface area is 103 Å². The summed E-state index contributed by atoms with van der Waals surface area (Å²) in [4.78, 5) is 0. The average Bonchev–Trinajstić information content (AvgIpc) is 2.98. The van der Waals surface area contributed by atoms with E-state index in [0.717, 1.165) is 18.4 Å². The lowest BCUT2D eigenvalue weighted by Crippen LogP contribution is -2.17. The third-order valence-electron chi connectivity index (χ3n) is 2.63. The Balaban J connectivity index is 0.00000144. The third kappa shape index (κ3) is 4.09. The van der Waals surface area contributed by atoms with Crippen LogP contribution >= 0.6 is 12.4 Å². The van der Waals surface area contributed by atoms with Gasteiger partial charge in [0.2, 0.25) is 0 Å². The monoisotopic (exact) mass is 267 g/mol. The smallest absolute Gasteiger partial charge is 0.406 e. The van der Waals surface area contributed by atoms with Crippen LogP contribution < -0.4 is 10.5 Å². The highest BCUT2D eigenvalue weighted by Crippen LogP contribution is 2.39. The maximum atomic E-state index is 11.9. The molecule has 0 spiro atoms. The molecule has 0 aliphatic heterocycles. The Bertz CT molecular complexity index is 362. The van der Waals surface area contributed by atoms with E-state index in [2.05, 4.69) is 4.74 Å². The summed E-state index contributed by atoms with van der Waals surface area (Å²) in [6, 6.07) is 5.70. The normalized spacial score (nSPS) is 17.2. The van der Waals surface area contributed by atoms with Crippen LogP contribution in [0, 0.1) is 5.92 Å². The van der Waals surface area contributed by atoms with E-state index in [9.17, 15) is 13.2 Å². The van der Waals surface area contributed by atoms with Gasteiger partial charge in [-0.05, 0) is 36.5 Å². The van der Waals surface area contributed by atoms with Crippen LogP contribution in [0.3, 0.4) is 0 Å². The molecule has 1 fully saturated rings. The van der Waals surface area contributed by atoms with Crippen molar-refractivity contribution in [2.24, 2.45) is 11.7 Å². The maximum absolute atomic E-state index is 11.9. The van der Waals surface area contributed by atoms with Crippen molar-refractivity contribution in [3.05, 3.63) is 29.8 Å². The number of hydrogen-bond donors (Lipinski definition) is 1. The molecule has 17 heavy (non-hydrogen) atoms. The van der Waals surface area contributed by atoms with Crippen LogP contribution in [-0.4, -0.2) is 6.36 Å². The molecule has 0 bridgehead atoms. The molecule has 0 unspecified atom stereocenters. The van der Waals surface area contributed by atoms with Crippen LogP contribution in [0.2, 0.25) is 0 Å². The molecule has 1 aromatic carbocycles. The minimum absolute atomic E-state index is 0. The summed E-state index contributed by atoms with van der Waals surface area (Å²) in [5.74, 6) is 0.272. The van der Waals surface area contributed by atoms with Crippen molar-refractivity contribution in [1.82, 2.24) is 0 Å². The predicted octanol–water partition coefficient (Wildman–Crippen LogP) is 3.42. The molecule has 2 N–H and O–H groups in total. The van der Waals surface area contributed by atoms with Gasteiger partial charge in [-0.1, -0.05) is 12.1 Å². The minimum Gasteiger partial charge on any atom is -0.406 e. The minimum atomic E-state index is -4.64. The molecule has 1 saturated carbocycles. The van der Waals surface area contributed by atoms with Crippen LogP contribution in [0.5, 0.6) is 5.75 Å². The number of alkyl halides is 3. The highest BCUT2D eigenvalue weighted by molar-refractivity contribution is 5.85. The lowest BCUT2D eigenvalue weighted by molar-refractivity contribution is -0.274. The second-order valence-corrected chi connectivity index (χ2v) is 3.98. The topological polar surface area (TPSA) is 35.2 Å². The van der Waals surface area contributed by atoms with Gasteiger partial charge in [-0.2, -0.15) is 0 Å². The van der Waals surface area contributed by atoms with Crippen molar-refractivity contribution in [2.45, 2.75) is 25.2 Å². The second kappa shape index (κ2) is 5.14. The molecular formula is C11H13ClF3NO. The molecule has 2 nitrogen and oxygen atoms in total. The zero-order valence-corrected chi connectivity index (χ0v) is 9.72. The Morgan fingerprint density at radius 3 is 2.12 bits per heavy atom. The lowest BCUT2D eigenvalue weighted by atomic mass is 10.0. The Kier molecular flexibility index (Phi) is 4.27. The van der Waals surface area contributed by atoms with Crippen molar-refractivity contribution in [1.29, 1.82) is 0 Å². The number of rotatable bonds is 3. The van der Waals surface area contributed by atoms with Crippen LogP contribution in [0.25, 0.3) is 0 Å². The van der Waals surface area contributed by atoms with Gasteiger partial charge in [-0.3, -0.25) is 0 Å². The average molecular weight is 268 g/mol. The van der Waals surface area contributed by atoms with Crippen molar-refractivity contribution >= 4 is 12.4 Å². The summed E-state index contributed by atoms with van der Waals surface area (Å²) in [5.41, 5.74) is 6.77. The summed E-state index contributed by atoms with van der Waals surface area (Å²) >= 11 is 0. The van der Waals surface area contributed by atoms with E-state index in [4.69, 9.17) is 5.73 Å². The highest BCUT2D eigenvalue weighted by Gasteiger charge is 2.32. The van der Waals surface area contributed by atoms with E-state index >= 15 is 0 Å².